The molecule has 0 radical (unpaired) electrons. The van der Waals surface area contributed by atoms with Crippen LogP contribution in [0.2, 0.25) is 0 Å². The van der Waals surface area contributed by atoms with Gasteiger partial charge in [-0.3, -0.25) is 0 Å². The fraction of sp³-hybridized carbons (Fsp3) is 0.533. The van der Waals surface area contributed by atoms with Gasteiger partial charge in [0.1, 0.15) is 17.4 Å². The maximum Gasteiger partial charge on any atom is 0.174 e. The molecular weight excluding hydrogens is 256 g/mol. The fourth-order valence-electron chi connectivity index (χ4n) is 2.29. The van der Waals surface area contributed by atoms with Gasteiger partial charge < -0.3 is 19.5 Å². The van der Waals surface area contributed by atoms with Crippen LogP contribution in [-0.4, -0.2) is 39.1 Å². The number of nitrogens with zero attached hydrogens (tertiary/aromatic N) is 1. The van der Waals surface area contributed by atoms with E-state index in [1.54, 1.807) is 7.11 Å². The average Bonchev–Trinajstić information content (AvgIpc) is 2.96. The normalized spacial score (nSPS) is 21.6. The van der Waals surface area contributed by atoms with Crippen molar-refractivity contribution >= 4 is 0 Å². The molecule has 5 nitrogen and oxygen atoms in total. The van der Waals surface area contributed by atoms with Crippen LogP contribution >= 0.6 is 0 Å². The van der Waals surface area contributed by atoms with E-state index < -0.39 is 0 Å². The Morgan fingerprint density at radius 3 is 3.00 bits per heavy atom. The first-order valence-electron chi connectivity index (χ1n) is 6.71. The number of methoxy groups -OCH3 is 1. The van der Waals surface area contributed by atoms with Crippen molar-refractivity contribution in [2.24, 2.45) is 0 Å². The molecule has 0 spiro atoms. The van der Waals surface area contributed by atoms with Crippen molar-refractivity contribution in [2.45, 2.75) is 18.6 Å². The van der Waals surface area contributed by atoms with E-state index in [1.165, 1.54) is 0 Å². The van der Waals surface area contributed by atoms with Crippen LogP contribution in [0, 0.1) is 11.3 Å². The number of nitriles is 1. The third kappa shape index (κ3) is 3.70. The molecule has 20 heavy (non-hydrogen) atoms. The fourth-order valence-corrected chi connectivity index (χ4v) is 2.29. The molecule has 0 bridgehead atoms. The van der Waals surface area contributed by atoms with Gasteiger partial charge in [0, 0.05) is 38.8 Å². The van der Waals surface area contributed by atoms with Crippen molar-refractivity contribution in [2.75, 3.05) is 33.5 Å². The van der Waals surface area contributed by atoms with E-state index in [-0.39, 0.29) is 12.2 Å². The minimum Gasteiger partial charge on any atom is -0.478 e. The van der Waals surface area contributed by atoms with E-state index in [9.17, 15) is 0 Å². The lowest BCUT2D eigenvalue weighted by molar-refractivity contribution is -0.0159. The SMILES string of the molecule is COC1(CNCc2ccccc2OCC#N)CCOC1. The van der Waals surface area contributed by atoms with Crippen LogP contribution in [0.1, 0.15) is 12.0 Å². The highest BCUT2D eigenvalue weighted by Crippen LogP contribution is 2.22. The summed E-state index contributed by atoms with van der Waals surface area (Å²) in [7, 11) is 1.72. The molecule has 1 unspecified atom stereocenters. The molecule has 1 fully saturated rings. The largest absolute Gasteiger partial charge is 0.478 e. The monoisotopic (exact) mass is 276 g/mol. The number of hydrogen-bond donors (Lipinski definition) is 1. The molecule has 1 saturated heterocycles. The molecule has 0 aliphatic carbocycles. The molecule has 1 aliphatic heterocycles. The first-order valence-corrected chi connectivity index (χ1v) is 6.71. The van der Waals surface area contributed by atoms with Crippen molar-refractivity contribution in [1.82, 2.24) is 5.32 Å². The zero-order valence-corrected chi connectivity index (χ0v) is 11.7. The Morgan fingerprint density at radius 1 is 1.45 bits per heavy atom. The topological polar surface area (TPSA) is 63.5 Å². The summed E-state index contributed by atoms with van der Waals surface area (Å²) in [5.41, 5.74) is 0.815. The summed E-state index contributed by atoms with van der Waals surface area (Å²) in [5, 5.41) is 12.0. The number of ether oxygens (including phenoxy) is 3. The second-order valence-electron chi connectivity index (χ2n) is 4.85. The van der Waals surface area contributed by atoms with E-state index in [0.717, 1.165) is 30.9 Å². The zero-order valence-electron chi connectivity index (χ0n) is 11.7. The second-order valence-corrected chi connectivity index (χ2v) is 4.85. The summed E-state index contributed by atoms with van der Waals surface area (Å²) in [5.74, 6) is 0.746. The number of benzene rings is 1. The molecule has 1 heterocycles. The first-order chi connectivity index (χ1) is 9.79. The van der Waals surface area contributed by atoms with Gasteiger partial charge >= 0.3 is 0 Å². The number of nitrogens with one attached hydrogen (secondary N) is 1. The Hall–Kier alpha value is -1.61. The minimum absolute atomic E-state index is 0.0624. The van der Waals surface area contributed by atoms with Gasteiger partial charge in [-0.2, -0.15) is 5.26 Å². The highest BCUT2D eigenvalue weighted by atomic mass is 16.5. The molecule has 0 saturated carbocycles. The van der Waals surface area contributed by atoms with Gasteiger partial charge in [-0.15, -0.1) is 0 Å². The van der Waals surface area contributed by atoms with E-state index in [1.807, 2.05) is 30.3 Å². The lowest BCUT2D eigenvalue weighted by Gasteiger charge is -2.26. The molecule has 0 aromatic heterocycles. The lowest BCUT2D eigenvalue weighted by atomic mass is 10.0. The van der Waals surface area contributed by atoms with Crippen molar-refractivity contribution in [3.05, 3.63) is 29.8 Å². The van der Waals surface area contributed by atoms with Crippen LogP contribution in [0.5, 0.6) is 5.75 Å². The van der Waals surface area contributed by atoms with Gasteiger partial charge in [-0.05, 0) is 6.07 Å². The molecule has 2 rings (SSSR count). The minimum atomic E-state index is -0.220. The Kier molecular flexibility index (Phi) is 5.36. The van der Waals surface area contributed by atoms with E-state index in [2.05, 4.69) is 5.32 Å². The van der Waals surface area contributed by atoms with Crippen molar-refractivity contribution in [3.63, 3.8) is 0 Å². The summed E-state index contributed by atoms with van der Waals surface area (Å²) >= 11 is 0. The maximum absolute atomic E-state index is 8.58. The molecule has 108 valence electrons. The molecule has 1 aromatic carbocycles. The van der Waals surface area contributed by atoms with E-state index in [4.69, 9.17) is 19.5 Å². The number of para-hydroxylation sites is 1. The molecule has 1 aromatic rings. The maximum atomic E-state index is 8.58. The molecule has 1 aliphatic rings. The van der Waals surface area contributed by atoms with Crippen molar-refractivity contribution in [1.29, 1.82) is 5.26 Å². The average molecular weight is 276 g/mol. The first kappa shape index (κ1) is 14.8. The molecular formula is C15H20N2O3. The summed E-state index contributed by atoms with van der Waals surface area (Å²) in [6, 6.07) is 9.70. The highest BCUT2D eigenvalue weighted by molar-refractivity contribution is 5.33. The zero-order chi connectivity index (χ0) is 14.3. The summed E-state index contributed by atoms with van der Waals surface area (Å²) in [6.45, 7) is 2.84. The van der Waals surface area contributed by atoms with Gasteiger partial charge in [0.2, 0.25) is 0 Å². The van der Waals surface area contributed by atoms with Crippen LogP contribution in [0.25, 0.3) is 0 Å². The predicted octanol–water partition coefficient (Wildman–Crippen LogP) is 1.48. The predicted molar refractivity (Wildman–Crippen MR) is 74.4 cm³/mol. The Balaban J connectivity index is 1.89. The van der Waals surface area contributed by atoms with Crippen LogP contribution in [0.3, 0.4) is 0 Å². The van der Waals surface area contributed by atoms with Gasteiger partial charge in [-0.25, -0.2) is 0 Å². The number of hydrogen-bond acceptors (Lipinski definition) is 5. The van der Waals surface area contributed by atoms with Gasteiger partial charge in [-0.1, -0.05) is 18.2 Å². The van der Waals surface area contributed by atoms with Crippen molar-refractivity contribution < 1.29 is 14.2 Å². The van der Waals surface area contributed by atoms with E-state index >= 15 is 0 Å². The Labute approximate surface area is 119 Å². The Morgan fingerprint density at radius 2 is 2.30 bits per heavy atom. The standard InChI is InChI=1S/C15H20N2O3/c1-18-15(6-8-19-12-15)11-17-10-13-4-2-3-5-14(13)20-9-7-16/h2-5,17H,6,8-12H2,1H3. The third-order valence-corrected chi connectivity index (χ3v) is 3.53. The molecule has 5 heteroatoms. The van der Waals surface area contributed by atoms with Crippen molar-refractivity contribution in [3.8, 4) is 11.8 Å². The molecule has 1 N–H and O–H groups in total. The molecule has 0 amide bonds. The van der Waals surface area contributed by atoms with Gasteiger partial charge in [0.15, 0.2) is 6.61 Å². The van der Waals surface area contributed by atoms with Crippen LogP contribution < -0.4 is 10.1 Å². The number of rotatable bonds is 7. The lowest BCUT2D eigenvalue weighted by Crippen LogP contribution is -2.42. The van der Waals surface area contributed by atoms with Crippen LogP contribution in [0.15, 0.2) is 24.3 Å². The van der Waals surface area contributed by atoms with Gasteiger partial charge in [0.05, 0.1) is 6.61 Å². The molecule has 1 atom stereocenters. The van der Waals surface area contributed by atoms with Gasteiger partial charge in [0.25, 0.3) is 0 Å². The smallest absolute Gasteiger partial charge is 0.174 e. The Bertz CT molecular complexity index is 464. The summed E-state index contributed by atoms with van der Waals surface area (Å²) in [6.07, 6.45) is 0.906. The summed E-state index contributed by atoms with van der Waals surface area (Å²) < 4.78 is 16.4. The third-order valence-electron chi connectivity index (χ3n) is 3.53. The second kappa shape index (κ2) is 7.25. The van der Waals surface area contributed by atoms with Crippen LogP contribution in [-0.2, 0) is 16.0 Å². The van der Waals surface area contributed by atoms with E-state index in [0.29, 0.717) is 13.2 Å². The highest BCUT2D eigenvalue weighted by Gasteiger charge is 2.34. The quantitative estimate of drug-likeness (QED) is 0.817. The summed E-state index contributed by atoms with van der Waals surface area (Å²) in [4.78, 5) is 0. The van der Waals surface area contributed by atoms with Crippen LogP contribution in [0.4, 0.5) is 0 Å².